The van der Waals surface area contributed by atoms with Gasteiger partial charge >= 0.3 is 0 Å². The van der Waals surface area contributed by atoms with E-state index in [0.717, 1.165) is 5.56 Å². The molecule has 1 aromatic rings. The average Bonchev–Trinajstić information content (AvgIpc) is 2.60. The lowest BCUT2D eigenvalue weighted by Crippen LogP contribution is -2.43. The van der Waals surface area contributed by atoms with Crippen molar-refractivity contribution in [1.82, 2.24) is 0 Å². The minimum absolute atomic E-state index is 0.135. The molecule has 2 heterocycles. The van der Waals surface area contributed by atoms with E-state index in [1.54, 1.807) is 11.3 Å². The number of hydrogen-bond acceptors (Lipinski definition) is 4. The van der Waals surface area contributed by atoms with Crippen molar-refractivity contribution in [1.29, 1.82) is 0 Å². The van der Waals surface area contributed by atoms with Crippen molar-refractivity contribution in [3.05, 3.63) is 22.4 Å². The second-order valence-electron chi connectivity index (χ2n) is 4.01. The molecule has 0 amide bonds. The van der Waals surface area contributed by atoms with Gasteiger partial charge in [-0.1, -0.05) is 0 Å². The van der Waals surface area contributed by atoms with Gasteiger partial charge in [0, 0.05) is 5.54 Å². The molecule has 0 saturated carbocycles. The molecule has 14 heavy (non-hydrogen) atoms. The van der Waals surface area contributed by atoms with Crippen LogP contribution in [-0.4, -0.2) is 25.5 Å². The zero-order valence-corrected chi connectivity index (χ0v) is 9.40. The molecule has 78 valence electrons. The van der Waals surface area contributed by atoms with Gasteiger partial charge in [-0.05, 0) is 35.2 Å². The molecule has 1 aliphatic heterocycles. The molecule has 1 atom stereocenters. The van der Waals surface area contributed by atoms with Crippen molar-refractivity contribution in [3.8, 4) is 0 Å². The third-order valence-corrected chi connectivity index (χ3v) is 5.13. The Kier molecular flexibility index (Phi) is 2.41. The highest BCUT2D eigenvalue weighted by Gasteiger charge is 2.38. The maximum absolute atomic E-state index is 11.3. The van der Waals surface area contributed by atoms with E-state index in [1.165, 1.54) is 0 Å². The number of hydrogen-bond donors (Lipinski definition) is 1. The second-order valence-corrected chi connectivity index (χ2v) is 6.98. The molecule has 0 radical (unpaired) electrons. The van der Waals surface area contributed by atoms with Crippen LogP contribution in [0.25, 0.3) is 0 Å². The molecule has 2 rings (SSSR count). The number of nitrogens with two attached hydrogens (primary N) is 1. The predicted molar refractivity (Wildman–Crippen MR) is 58.2 cm³/mol. The van der Waals surface area contributed by atoms with Crippen LogP contribution in [0.4, 0.5) is 0 Å². The summed E-state index contributed by atoms with van der Waals surface area (Å²) < 4.78 is 22.6. The van der Waals surface area contributed by atoms with Crippen LogP contribution in [-0.2, 0) is 16.3 Å². The summed E-state index contributed by atoms with van der Waals surface area (Å²) in [6, 6.07) is 2.00. The van der Waals surface area contributed by atoms with E-state index < -0.39 is 15.4 Å². The standard InChI is InChI=1S/C9H13NO2S2/c10-9(2-4-14(11,12)7-9)5-8-1-3-13-6-8/h1,3,6H,2,4-5,7,10H2. The first-order chi connectivity index (χ1) is 6.49. The van der Waals surface area contributed by atoms with Gasteiger partial charge in [0.1, 0.15) is 0 Å². The highest BCUT2D eigenvalue weighted by atomic mass is 32.2. The second kappa shape index (κ2) is 3.32. The van der Waals surface area contributed by atoms with Gasteiger partial charge in [-0.15, -0.1) is 0 Å². The number of sulfone groups is 1. The molecule has 0 spiro atoms. The highest BCUT2D eigenvalue weighted by Crippen LogP contribution is 2.25. The fourth-order valence-electron chi connectivity index (χ4n) is 1.88. The molecule has 1 fully saturated rings. The van der Waals surface area contributed by atoms with E-state index in [-0.39, 0.29) is 11.5 Å². The Hall–Kier alpha value is -0.390. The summed E-state index contributed by atoms with van der Waals surface area (Å²) in [6.45, 7) is 0. The first-order valence-electron chi connectivity index (χ1n) is 4.50. The maximum atomic E-state index is 11.3. The Labute approximate surface area is 87.9 Å². The van der Waals surface area contributed by atoms with Crippen LogP contribution in [0, 0.1) is 0 Å². The van der Waals surface area contributed by atoms with Crippen LogP contribution in [0.2, 0.25) is 0 Å². The van der Waals surface area contributed by atoms with E-state index in [9.17, 15) is 8.42 Å². The zero-order valence-electron chi connectivity index (χ0n) is 7.77. The Balaban J connectivity index is 2.12. The maximum Gasteiger partial charge on any atom is 0.152 e. The lowest BCUT2D eigenvalue weighted by molar-refractivity contribution is 0.477. The highest BCUT2D eigenvalue weighted by molar-refractivity contribution is 7.91. The summed E-state index contributed by atoms with van der Waals surface area (Å²) >= 11 is 1.62. The SMILES string of the molecule is NC1(Cc2ccsc2)CCS(=O)(=O)C1. The number of rotatable bonds is 2. The van der Waals surface area contributed by atoms with E-state index in [4.69, 9.17) is 5.73 Å². The normalized spacial score (nSPS) is 30.6. The van der Waals surface area contributed by atoms with Crippen LogP contribution < -0.4 is 5.73 Å². The van der Waals surface area contributed by atoms with Crippen molar-refractivity contribution in [3.63, 3.8) is 0 Å². The van der Waals surface area contributed by atoms with Gasteiger partial charge in [0.25, 0.3) is 0 Å². The van der Waals surface area contributed by atoms with Gasteiger partial charge in [0.05, 0.1) is 11.5 Å². The smallest absolute Gasteiger partial charge is 0.152 e. The molecule has 0 bridgehead atoms. The van der Waals surface area contributed by atoms with Crippen LogP contribution in [0.15, 0.2) is 16.8 Å². The lowest BCUT2D eigenvalue weighted by Gasteiger charge is -2.20. The van der Waals surface area contributed by atoms with E-state index >= 15 is 0 Å². The van der Waals surface area contributed by atoms with Crippen molar-refractivity contribution >= 4 is 21.2 Å². The summed E-state index contributed by atoms with van der Waals surface area (Å²) in [6.07, 6.45) is 1.26. The third-order valence-electron chi connectivity index (χ3n) is 2.55. The third kappa shape index (κ3) is 2.16. The summed E-state index contributed by atoms with van der Waals surface area (Å²) in [5.74, 6) is 0.378. The summed E-state index contributed by atoms with van der Waals surface area (Å²) in [5, 5.41) is 4.02. The first kappa shape index (κ1) is 10.1. The molecule has 1 aliphatic rings. The fraction of sp³-hybridized carbons (Fsp3) is 0.556. The monoisotopic (exact) mass is 231 g/mol. The molecule has 1 saturated heterocycles. The van der Waals surface area contributed by atoms with Gasteiger partial charge in [0.15, 0.2) is 9.84 Å². The summed E-state index contributed by atoms with van der Waals surface area (Å²) in [7, 11) is -2.88. The lowest BCUT2D eigenvalue weighted by atomic mass is 9.93. The van der Waals surface area contributed by atoms with Crippen molar-refractivity contribution < 1.29 is 8.42 Å². The van der Waals surface area contributed by atoms with E-state index in [1.807, 2.05) is 16.8 Å². The first-order valence-corrected chi connectivity index (χ1v) is 7.26. The molecular weight excluding hydrogens is 218 g/mol. The van der Waals surface area contributed by atoms with Gasteiger partial charge in [-0.2, -0.15) is 11.3 Å². The molecular formula is C9H13NO2S2. The van der Waals surface area contributed by atoms with Crippen molar-refractivity contribution in [2.75, 3.05) is 11.5 Å². The Bertz CT molecular complexity index is 410. The summed E-state index contributed by atoms with van der Waals surface area (Å²) in [5.41, 5.74) is 6.67. The quantitative estimate of drug-likeness (QED) is 0.819. The van der Waals surface area contributed by atoms with Crippen LogP contribution in [0.5, 0.6) is 0 Å². The van der Waals surface area contributed by atoms with Crippen LogP contribution >= 0.6 is 11.3 Å². The van der Waals surface area contributed by atoms with Gasteiger partial charge in [-0.25, -0.2) is 8.42 Å². The Morgan fingerprint density at radius 2 is 2.36 bits per heavy atom. The van der Waals surface area contributed by atoms with Crippen LogP contribution in [0.3, 0.4) is 0 Å². The van der Waals surface area contributed by atoms with Crippen LogP contribution in [0.1, 0.15) is 12.0 Å². The number of thiophene rings is 1. The minimum atomic E-state index is -2.88. The molecule has 0 aliphatic carbocycles. The minimum Gasteiger partial charge on any atom is -0.324 e. The Morgan fingerprint density at radius 3 is 2.86 bits per heavy atom. The average molecular weight is 231 g/mol. The molecule has 3 nitrogen and oxygen atoms in total. The zero-order chi connectivity index (χ0) is 10.2. The molecule has 0 aromatic carbocycles. The van der Waals surface area contributed by atoms with Gasteiger partial charge in [0.2, 0.25) is 0 Å². The molecule has 2 N–H and O–H groups in total. The van der Waals surface area contributed by atoms with Gasteiger partial charge < -0.3 is 5.73 Å². The molecule has 1 aromatic heterocycles. The van der Waals surface area contributed by atoms with Crippen molar-refractivity contribution in [2.24, 2.45) is 5.73 Å². The topological polar surface area (TPSA) is 60.2 Å². The van der Waals surface area contributed by atoms with Crippen molar-refractivity contribution in [2.45, 2.75) is 18.4 Å². The van der Waals surface area contributed by atoms with Gasteiger partial charge in [-0.3, -0.25) is 0 Å². The van der Waals surface area contributed by atoms with E-state index in [0.29, 0.717) is 12.8 Å². The Morgan fingerprint density at radius 1 is 1.57 bits per heavy atom. The summed E-state index contributed by atoms with van der Waals surface area (Å²) in [4.78, 5) is 0. The fourth-order valence-corrected chi connectivity index (χ4v) is 4.53. The largest absolute Gasteiger partial charge is 0.324 e. The van der Waals surface area contributed by atoms with E-state index in [2.05, 4.69) is 0 Å². The molecule has 5 heteroatoms. The predicted octanol–water partition coefficient (Wildman–Crippen LogP) is 0.807. The molecule has 1 unspecified atom stereocenters.